The van der Waals surface area contributed by atoms with Crippen LogP contribution in [0.1, 0.15) is 90.9 Å². The molecule has 2 N–H and O–H groups in total. The molecule has 0 heterocycles. The molecule has 0 bridgehead atoms. The van der Waals surface area contributed by atoms with Crippen LogP contribution in [-0.2, 0) is 9.59 Å². The van der Waals surface area contributed by atoms with Gasteiger partial charge in [0.1, 0.15) is 0 Å². The Hall–Kier alpha value is -2.10. The molecule has 0 amide bonds. The van der Waals surface area contributed by atoms with E-state index in [0.29, 0.717) is 23.2 Å². The van der Waals surface area contributed by atoms with Crippen molar-refractivity contribution in [3.8, 4) is 0 Å². The van der Waals surface area contributed by atoms with Crippen LogP contribution < -0.4 is 10.6 Å². The molecular weight excluding hydrogens is 396 g/mol. The third-order valence-corrected chi connectivity index (χ3v) is 7.89. The third kappa shape index (κ3) is 5.27. The standard InChI is InChI=1S/C28H40N2O2/c1-3-5-19-7-11-21(12-8-19)29-23-15-17-26(32)28-24(16-18-25(31)27(23)28)30-22-13-9-20(6-4-2)10-14-22/h15-22,29-30H,3-14H2,1-2H3. The Morgan fingerprint density at radius 3 is 1.34 bits per heavy atom. The minimum Gasteiger partial charge on any atom is -0.382 e. The maximum absolute atomic E-state index is 12.9. The minimum absolute atomic E-state index is 0.0583. The fourth-order valence-corrected chi connectivity index (χ4v) is 6.12. The van der Waals surface area contributed by atoms with E-state index in [1.165, 1.54) is 51.4 Å². The van der Waals surface area contributed by atoms with Crippen molar-refractivity contribution in [1.82, 2.24) is 10.6 Å². The summed E-state index contributed by atoms with van der Waals surface area (Å²) in [4.78, 5) is 25.8. The number of rotatable bonds is 8. The molecule has 0 unspecified atom stereocenters. The lowest BCUT2D eigenvalue weighted by Gasteiger charge is -2.33. The Balaban J connectivity index is 1.48. The van der Waals surface area contributed by atoms with Gasteiger partial charge in [-0.1, -0.05) is 39.5 Å². The monoisotopic (exact) mass is 436 g/mol. The van der Waals surface area contributed by atoms with Crippen molar-refractivity contribution in [3.63, 3.8) is 0 Å². The van der Waals surface area contributed by atoms with Crippen LogP contribution >= 0.6 is 0 Å². The van der Waals surface area contributed by atoms with Gasteiger partial charge in [-0.3, -0.25) is 9.59 Å². The number of fused-ring (bicyclic) bond motifs is 1. The Bertz CT molecular complexity index is 761. The number of ketones is 2. The van der Waals surface area contributed by atoms with Crippen molar-refractivity contribution in [2.24, 2.45) is 11.8 Å². The normalized spacial score (nSPS) is 30.6. The lowest BCUT2D eigenvalue weighted by atomic mass is 9.81. The number of nitrogens with one attached hydrogen (secondary N) is 2. The van der Waals surface area contributed by atoms with E-state index in [2.05, 4.69) is 24.5 Å². The maximum Gasteiger partial charge on any atom is 0.188 e. The molecule has 0 aromatic rings. The van der Waals surface area contributed by atoms with Gasteiger partial charge in [-0.05, 0) is 87.5 Å². The zero-order valence-electron chi connectivity index (χ0n) is 19.9. The van der Waals surface area contributed by atoms with Crippen LogP contribution in [0.2, 0.25) is 0 Å². The van der Waals surface area contributed by atoms with Gasteiger partial charge in [-0.2, -0.15) is 0 Å². The van der Waals surface area contributed by atoms with Gasteiger partial charge in [0.15, 0.2) is 11.6 Å². The summed E-state index contributed by atoms with van der Waals surface area (Å²) in [6, 6.07) is 0.766. The largest absolute Gasteiger partial charge is 0.382 e. The van der Waals surface area contributed by atoms with Crippen LogP contribution in [0.15, 0.2) is 46.8 Å². The summed E-state index contributed by atoms with van der Waals surface area (Å²) in [6.45, 7) is 4.53. The first-order valence-corrected chi connectivity index (χ1v) is 13.1. The SMILES string of the molecule is CCCC1CCC(NC2=C3C(=O)C=CC(NC4CCC(CCC)CC4)=C3C(=O)C=C2)CC1. The van der Waals surface area contributed by atoms with Crippen molar-refractivity contribution in [2.75, 3.05) is 0 Å². The highest BCUT2D eigenvalue weighted by Crippen LogP contribution is 2.33. The van der Waals surface area contributed by atoms with E-state index >= 15 is 0 Å². The molecule has 0 atom stereocenters. The van der Waals surface area contributed by atoms with Crippen molar-refractivity contribution in [3.05, 3.63) is 46.8 Å². The second-order valence-electron chi connectivity index (χ2n) is 10.3. The third-order valence-electron chi connectivity index (χ3n) is 7.89. The second-order valence-corrected chi connectivity index (χ2v) is 10.3. The second kappa shape index (κ2) is 10.7. The summed E-state index contributed by atoms with van der Waals surface area (Å²) in [5.74, 6) is 1.57. The fourth-order valence-electron chi connectivity index (χ4n) is 6.12. The Kier molecular flexibility index (Phi) is 7.70. The number of carbonyl (C=O) groups excluding carboxylic acids is 2. The van der Waals surface area contributed by atoms with Gasteiger partial charge in [0.05, 0.1) is 11.1 Å². The Morgan fingerprint density at radius 1 is 0.625 bits per heavy atom. The van der Waals surface area contributed by atoms with Gasteiger partial charge in [-0.15, -0.1) is 0 Å². The first kappa shape index (κ1) is 23.1. The molecule has 4 aliphatic rings. The lowest BCUT2D eigenvalue weighted by Crippen LogP contribution is -2.37. The zero-order valence-corrected chi connectivity index (χ0v) is 19.9. The number of carbonyl (C=O) groups is 2. The highest BCUT2D eigenvalue weighted by Gasteiger charge is 2.32. The lowest BCUT2D eigenvalue weighted by molar-refractivity contribution is -0.114. The van der Waals surface area contributed by atoms with E-state index < -0.39 is 0 Å². The van der Waals surface area contributed by atoms with Gasteiger partial charge >= 0.3 is 0 Å². The summed E-state index contributed by atoms with van der Waals surface area (Å²) in [5.41, 5.74) is 2.80. The average molecular weight is 437 g/mol. The fraction of sp³-hybridized carbons (Fsp3) is 0.643. The van der Waals surface area contributed by atoms with Crippen molar-refractivity contribution in [2.45, 2.75) is 103 Å². The predicted molar refractivity (Wildman–Crippen MR) is 130 cm³/mol. The molecule has 2 fully saturated rings. The molecule has 4 rings (SSSR count). The van der Waals surface area contributed by atoms with Crippen LogP contribution in [-0.4, -0.2) is 23.7 Å². The molecular formula is C28H40N2O2. The molecule has 0 aromatic heterocycles. The molecule has 4 heteroatoms. The van der Waals surface area contributed by atoms with Gasteiger partial charge in [0.2, 0.25) is 0 Å². The Morgan fingerprint density at radius 2 is 1.00 bits per heavy atom. The molecule has 0 saturated heterocycles. The smallest absolute Gasteiger partial charge is 0.188 e. The molecule has 174 valence electrons. The quantitative estimate of drug-likeness (QED) is 0.515. The topological polar surface area (TPSA) is 58.2 Å². The highest BCUT2D eigenvalue weighted by molar-refractivity contribution is 6.23. The van der Waals surface area contributed by atoms with E-state index in [0.717, 1.165) is 48.9 Å². The van der Waals surface area contributed by atoms with E-state index in [1.54, 1.807) is 12.2 Å². The van der Waals surface area contributed by atoms with Crippen LogP contribution in [0.4, 0.5) is 0 Å². The molecule has 0 spiro atoms. The summed E-state index contributed by atoms with van der Waals surface area (Å²) in [6.07, 6.45) is 21.6. The summed E-state index contributed by atoms with van der Waals surface area (Å²) in [7, 11) is 0. The van der Waals surface area contributed by atoms with Crippen LogP contribution in [0.5, 0.6) is 0 Å². The summed E-state index contributed by atoms with van der Waals surface area (Å²) < 4.78 is 0. The maximum atomic E-state index is 12.9. The molecule has 2 saturated carbocycles. The number of hydrogen-bond acceptors (Lipinski definition) is 4. The number of allylic oxidation sites excluding steroid dienone is 6. The van der Waals surface area contributed by atoms with E-state index in [9.17, 15) is 9.59 Å². The molecule has 0 aliphatic heterocycles. The molecule has 4 aliphatic carbocycles. The minimum atomic E-state index is -0.0583. The first-order chi connectivity index (χ1) is 15.6. The molecule has 0 aromatic carbocycles. The van der Waals surface area contributed by atoms with Crippen molar-refractivity contribution < 1.29 is 9.59 Å². The van der Waals surface area contributed by atoms with Gasteiger partial charge in [-0.25, -0.2) is 0 Å². The zero-order chi connectivity index (χ0) is 22.5. The van der Waals surface area contributed by atoms with Crippen molar-refractivity contribution in [1.29, 1.82) is 0 Å². The van der Waals surface area contributed by atoms with E-state index in [-0.39, 0.29) is 11.6 Å². The highest BCUT2D eigenvalue weighted by atomic mass is 16.1. The Labute approximate surface area is 193 Å². The molecule has 4 nitrogen and oxygen atoms in total. The van der Waals surface area contributed by atoms with Gasteiger partial charge < -0.3 is 10.6 Å². The van der Waals surface area contributed by atoms with Crippen LogP contribution in [0.3, 0.4) is 0 Å². The average Bonchev–Trinajstić information content (AvgIpc) is 2.80. The summed E-state index contributed by atoms with van der Waals surface area (Å²) >= 11 is 0. The van der Waals surface area contributed by atoms with Gasteiger partial charge in [0.25, 0.3) is 0 Å². The molecule has 0 radical (unpaired) electrons. The summed E-state index contributed by atoms with van der Waals surface area (Å²) in [5, 5.41) is 7.28. The van der Waals surface area contributed by atoms with Crippen molar-refractivity contribution >= 4 is 11.6 Å². The van der Waals surface area contributed by atoms with E-state index in [1.807, 2.05) is 12.2 Å². The first-order valence-electron chi connectivity index (χ1n) is 13.1. The van der Waals surface area contributed by atoms with E-state index in [4.69, 9.17) is 0 Å². The van der Waals surface area contributed by atoms with Crippen LogP contribution in [0, 0.1) is 11.8 Å². The number of hydrogen-bond donors (Lipinski definition) is 2. The van der Waals surface area contributed by atoms with Crippen LogP contribution in [0.25, 0.3) is 0 Å². The predicted octanol–water partition coefficient (Wildman–Crippen LogP) is 5.67. The molecule has 32 heavy (non-hydrogen) atoms. The van der Waals surface area contributed by atoms with Gasteiger partial charge in [0, 0.05) is 23.5 Å².